The SMILES string of the molecule is CN(C)C(CNS(=O)(=O)CCc1ccccc1)c1cccc(Cl)c1. The van der Waals surface area contributed by atoms with Crippen LogP contribution >= 0.6 is 11.6 Å². The van der Waals surface area contributed by atoms with Gasteiger partial charge in [-0.1, -0.05) is 54.1 Å². The van der Waals surface area contributed by atoms with Gasteiger partial charge in [-0.2, -0.15) is 0 Å². The number of benzene rings is 2. The van der Waals surface area contributed by atoms with Gasteiger partial charge in [0.1, 0.15) is 0 Å². The third kappa shape index (κ3) is 5.91. The summed E-state index contributed by atoms with van der Waals surface area (Å²) < 4.78 is 27.3. The Balaban J connectivity index is 1.98. The van der Waals surface area contributed by atoms with Crippen LogP contribution in [0, 0.1) is 0 Å². The number of halogens is 1. The van der Waals surface area contributed by atoms with Crippen LogP contribution in [0.1, 0.15) is 17.2 Å². The molecule has 4 nitrogen and oxygen atoms in total. The molecule has 2 aromatic rings. The highest BCUT2D eigenvalue weighted by Crippen LogP contribution is 2.21. The highest BCUT2D eigenvalue weighted by Gasteiger charge is 2.18. The molecule has 2 rings (SSSR count). The molecule has 0 saturated heterocycles. The number of nitrogens with one attached hydrogen (secondary N) is 1. The van der Waals surface area contributed by atoms with E-state index in [2.05, 4.69) is 4.72 Å². The summed E-state index contributed by atoms with van der Waals surface area (Å²) in [6, 6.07) is 17.0. The van der Waals surface area contributed by atoms with Crippen molar-refractivity contribution in [2.45, 2.75) is 12.5 Å². The number of likely N-dealkylation sites (N-methyl/N-ethyl adjacent to an activating group) is 1. The van der Waals surface area contributed by atoms with Crippen LogP contribution in [-0.2, 0) is 16.4 Å². The van der Waals surface area contributed by atoms with E-state index in [0.29, 0.717) is 18.0 Å². The zero-order valence-corrected chi connectivity index (χ0v) is 15.5. The molecule has 1 atom stereocenters. The van der Waals surface area contributed by atoms with Crippen LogP contribution in [0.5, 0.6) is 0 Å². The molecule has 0 aliphatic carbocycles. The van der Waals surface area contributed by atoms with Gasteiger partial charge in [-0.15, -0.1) is 0 Å². The third-order valence-electron chi connectivity index (χ3n) is 3.86. The van der Waals surface area contributed by atoms with E-state index < -0.39 is 10.0 Å². The van der Waals surface area contributed by atoms with Crippen molar-refractivity contribution in [3.8, 4) is 0 Å². The lowest BCUT2D eigenvalue weighted by Crippen LogP contribution is -2.36. The van der Waals surface area contributed by atoms with Gasteiger partial charge in [-0.25, -0.2) is 13.1 Å². The maximum atomic E-state index is 12.3. The summed E-state index contributed by atoms with van der Waals surface area (Å²) in [6.07, 6.45) is 0.500. The largest absolute Gasteiger partial charge is 0.301 e. The fourth-order valence-electron chi connectivity index (χ4n) is 2.49. The van der Waals surface area contributed by atoms with Gasteiger partial charge < -0.3 is 4.90 Å². The van der Waals surface area contributed by atoms with Crippen LogP contribution in [0.25, 0.3) is 0 Å². The summed E-state index contributed by atoms with van der Waals surface area (Å²) in [6.45, 7) is 0.310. The van der Waals surface area contributed by atoms with Crippen molar-refractivity contribution < 1.29 is 8.42 Å². The Morgan fingerprint density at radius 3 is 2.42 bits per heavy atom. The van der Waals surface area contributed by atoms with E-state index >= 15 is 0 Å². The van der Waals surface area contributed by atoms with E-state index in [1.54, 1.807) is 0 Å². The van der Waals surface area contributed by atoms with Crippen molar-refractivity contribution in [2.75, 3.05) is 26.4 Å². The lowest BCUT2D eigenvalue weighted by molar-refractivity contribution is 0.299. The lowest BCUT2D eigenvalue weighted by Gasteiger charge is -2.25. The van der Waals surface area contributed by atoms with E-state index in [4.69, 9.17) is 11.6 Å². The predicted molar refractivity (Wildman–Crippen MR) is 99.8 cm³/mol. The summed E-state index contributed by atoms with van der Waals surface area (Å²) in [4.78, 5) is 1.98. The van der Waals surface area contributed by atoms with E-state index in [0.717, 1.165) is 11.1 Å². The minimum atomic E-state index is -3.34. The van der Waals surface area contributed by atoms with Gasteiger partial charge in [0.05, 0.1) is 5.75 Å². The van der Waals surface area contributed by atoms with Gasteiger partial charge in [-0.3, -0.25) is 0 Å². The predicted octanol–water partition coefficient (Wildman–Crippen LogP) is 3.10. The van der Waals surface area contributed by atoms with Crippen LogP contribution in [0.3, 0.4) is 0 Å². The van der Waals surface area contributed by atoms with E-state index in [1.807, 2.05) is 73.6 Å². The first-order chi connectivity index (χ1) is 11.4. The molecule has 1 unspecified atom stereocenters. The zero-order chi connectivity index (χ0) is 17.6. The number of aryl methyl sites for hydroxylation is 1. The Morgan fingerprint density at radius 2 is 1.79 bits per heavy atom. The third-order valence-corrected chi connectivity index (χ3v) is 5.44. The van der Waals surface area contributed by atoms with Gasteiger partial charge in [0.25, 0.3) is 0 Å². The second-order valence-corrected chi connectivity index (χ2v) is 8.30. The zero-order valence-electron chi connectivity index (χ0n) is 13.9. The molecular weight excluding hydrogens is 344 g/mol. The van der Waals surface area contributed by atoms with Crippen LogP contribution in [0.15, 0.2) is 54.6 Å². The maximum Gasteiger partial charge on any atom is 0.211 e. The van der Waals surface area contributed by atoms with Gasteiger partial charge in [0.15, 0.2) is 0 Å². The number of sulfonamides is 1. The Hall–Kier alpha value is -1.40. The quantitative estimate of drug-likeness (QED) is 0.781. The van der Waals surface area contributed by atoms with Gasteiger partial charge >= 0.3 is 0 Å². The highest BCUT2D eigenvalue weighted by molar-refractivity contribution is 7.89. The molecule has 0 aliphatic heterocycles. The first-order valence-corrected chi connectivity index (χ1v) is 9.83. The van der Waals surface area contributed by atoms with Crippen molar-refractivity contribution in [1.82, 2.24) is 9.62 Å². The average molecular weight is 367 g/mol. The molecular formula is C18H23ClN2O2S. The molecule has 24 heavy (non-hydrogen) atoms. The first-order valence-electron chi connectivity index (χ1n) is 7.80. The number of hydrogen-bond acceptors (Lipinski definition) is 3. The summed E-state index contributed by atoms with van der Waals surface area (Å²) in [5.41, 5.74) is 2.00. The minimum Gasteiger partial charge on any atom is -0.301 e. The molecule has 0 bridgehead atoms. The maximum absolute atomic E-state index is 12.3. The van der Waals surface area contributed by atoms with Crippen molar-refractivity contribution in [1.29, 1.82) is 0 Å². The topological polar surface area (TPSA) is 49.4 Å². The van der Waals surface area contributed by atoms with Crippen molar-refractivity contribution in [3.05, 3.63) is 70.7 Å². The van der Waals surface area contributed by atoms with Crippen LogP contribution < -0.4 is 4.72 Å². The molecule has 0 amide bonds. The molecule has 0 aliphatic rings. The second kappa shape index (κ2) is 8.62. The summed E-state index contributed by atoms with van der Waals surface area (Å²) in [5.74, 6) is 0.0761. The lowest BCUT2D eigenvalue weighted by atomic mass is 10.1. The number of rotatable bonds is 8. The molecule has 0 spiro atoms. The smallest absolute Gasteiger partial charge is 0.211 e. The fourth-order valence-corrected chi connectivity index (χ4v) is 3.75. The van der Waals surface area contributed by atoms with E-state index in [9.17, 15) is 8.42 Å². The average Bonchev–Trinajstić information content (AvgIpc) is 2.54. The van der Waals surface area contributed by atoms with Crippen LogP contribution in [0.4, 0.5) is 0 Å². The summed E-state index contributed by atoms with van der Waals surface area (Å²) in [5, 5.41) is 0.645. The van der Waals surface area contributed by atoms with Crippen LogP contribution in [-0.4, -0.2) is 39.7 Å². The molecule has 0 heterocycles. The van der Waals surface area contributed by atoms with Gasteiger partial charge in [0.2, 0.25) is 10.0 Å². The van der Waals surface area contributed by atoms with Crippen molar-refractivity contribution in [3.63, 3.8) is 0 Å². The standard InChI is InChI=1S/C18H23ClN2O2S/c1-21(2)18(16-9-6-10-17(19)13-16)14-20-24(22,23)12-11-15-7-4-3-5-8-15/h3-10,13,18,20H,11-12,14H2,1-2H3. The number of hydrogen-bond donors (Lipinski definition) is 1. The Bertz CT molecular complexity index is 749. The molecule has 6 heteroatoms. The van der Waals surface area contributed by atoms with Gasteiger partial charge in [-0.05, 0) is 43.8 Å². The normalized spacial score (nSPS) is 13.2. The molecule has 0 saturated carbocycles. The molecule has 2 aromatic carbocycles. The Labute approximate surface area is 149 Å². The summed E-state index contributed by atoms with van der Waals surface area (Å²) >= 11 is 6.04. The van der Waals surface area contributed by atoms with Gasteiger partial charge in [0, 0.05) is 17.6 Å². The first kappa shape index (κ1) is 18.9. The van der Waals surface area contributed by atoms with Crippen molar-refractivity contribution >= 4 is 21.6 Å². The summed E-state index contributed by atoms with van der Waals surface area (Å²) in [7, 11) is 0.505. The molecule has 0 radical (unpaired) electrons. The molecule has 0 aromatic heterocycles. The van der Waals surface area contributed by atoms with E-state index in [-0.39, 0.29) is 11.8 Å². The molecule has 130 valence electrons. The Kier molecular flexibility index (Phi) is 6.80. The van der Waals surface area contributed by atoms with Crippen LogP contribution in [0.2, 0.25) is 5.02 Å². The Morgan fingerprint density at radius 1 is 1.08 bits per heavy atom. The molecule has 1 N–H and O–H groups in total. The fraction of sp³-hybridized carbons (Fsp3) is 0.333. The second-order valence-electron chi connectivity index (χ2n) is 5.94. The van der Waals surface area contributed by atoms with Crippen molar-refractivity contribution in [2.24, 2.45) is 0 Å². The highest BCUT2D eigenvalue weighted by atomic mass is 35.5. The minimum absolute atomic E-state index is 0.0739. The van der Waals surface area contributed by atoms with E-state index in [1.165, 1.54) is 0 Å². The number of nitrogens with zero attached hydrogens (tertiary/aromatic N) is 1. The molecule has 0 fully saturated rings. The monoisotopic (exact) mass is 366 g/mol.